The summed E-state index contributed by atoms with van der Waals surface area (Å²) >= 11 is 6.42. The summed E-state index contributed by atoms with van der Waals surface area (Å²) in [5.74, 6) is -8.04. The van der Waals surface area contributed by atoms with Crippen molar-refractivity contribution in [3.05, 3.63) is 88.6 Å². The Labute approximate surface area is 248 Å². The van der Waals surface area contributed by atoms with Crippen molar-refractivity contribution in [3.8, 4) is 6.07 Å². The van der Waals surface area contributed by atoms with Crippen LogP contribution in [0.4, 0.5) is 29.1 Å². The van der Waals surface area contributed by atoms with Gasteiger partial charge in [-0.1, -0.05) is 29.8 Å². The van der Waals surface area contributed by atoms with Gasteiger partial charge in [0.05, 0.1) is 23.1 Å². The third kappa shape index (κ3) is 6.14. The molecule has 1 N–H and O–H groups in total. The molecule has 1 aliphatic carbocycles. The molecule has 1 saturated heterocycles. The van der Waals surface area contributed by atoms with Gasteiger partial charge in [-0.3, -0.25) is 14.5 Å². The molecule has 1 aliphatic heterocycles. The lowest BCUT2D eigenvalue weighted by atomic mass is 9.87. The molecule has 2 fully saturated rings. The largest absolute Gasteiger partial charge is 0.351 e. The molecule has 5 rings (SSSR count). The summed E-state index contributed by atoms with van der Waals surface area (Å²) in [6, 6.07) is 7.92. The first kappa shape index (κ1) is 30.2. The first-order chi connectivity index (χ1) is 20.3. The summed E-state index contributed by atoms with van der Waals surface area (Å²) in [6.07, 6.45) is -0.449. The van der Waals surface area contributed by atoms with Crippen LogP contribution in [-0.2, 0) is 19.6 Å². The minimum absolute atomic E-state index is 0.0113. The Hall–Kier alpha value is -4.22. The molecule has 9 nitrogen and oxygen atoms in total. The lowest BCUT2D eigenvalue weighted by molar-refractivity contribution is -0.133. The van der Waals surface area contributed by atoms with Gasteiger partial charge in [0.1, 0.15) is 29.5 Å². The summed E-state index contributed by atoms with van der Waals surface area (Å²) in [4.78, 5) is 33.0. The molecular weight excluding hydrogens is 614 g/mol. The predicted molar refractivity (Wildman–Crippen MR) is 148 cm³/mol. The van der Waals surface area contributed by atoms with E-state index in [2.05, 4.69) is 10.3 Å². The number of nitrogens with zero attached hydrogens (tertiary/aromatic N) is 4. The SMILES string of the molecule is N#Cc1ccnc(N2[C@H](C(=O)N(c3cc(F)cc(F)c3)C(C(=O)NC3CC(F)(F)C3)c3ccccc3Cl)CCS2(=O)=O)c1. The number of carbonyl (C=O) groups excluding carboxylic acids is 2. The van der Waals surface area contributed by atoms with Crippen molar-refractivity contribution < 1.29 is 35.6 Å². The number of benzene rings is 2. The minimum Gasteiger partial charge on any atom is -0.351 e. The predicted octanol–water partition coefficient (Wildman–Crippen LogP) is 4.48. The average Bonchev–Trinajstić information content (AvgIpc) is 3.25. The van der Waals surface area contributed by atoms with Crippen molar-refractivity contribution in [2.24, 2.45) is 0 Å². The highest BCUT2D eigenvalue weighted by Crippen LogP contribution is 2.40. The quantitative estimate of drug-likeness (QED) is 0.382. The second-order valence-corrected chi connectivity index (χ2v) is 12.5. The number of nitriles is 1. The van der Waals surface area contributed by atoms with Gasteiger partial charge in [0, 0.05) is 41.7 Å². The van der Waals surface area contributed by atoms with E-state index in [9.17, 15) is 40.8 Å². The Kier molecular flexibility index (Phi) is 8.06. The minimum atomic E-state index is -4.18. The topological polar surface area (TPSA) is 123 Å². The van der Waals surface area contributed by atoms with Crippen LogP contribution in [-0.4, -0.2) is 49.0 Å². The van der Waals surface area contributed by atoms with E-state index in [0.717, 1.165) is 18.2 Å². The van der Waals surface area contributed by atoms with Crippen molar-refractivity contribution in [3.63, 3.8) is 0 Å². The normalized spacial score (nSPS) is 19.6. The second-order valence-electron chi connectivity index (χ2n) is 10.2. The molecule has 0 bridgehead atoms. The van der Waals surface area contributed by atoms with Gasteiger partial charge in [0.2, 0.25) is 15.9 Å². The molecule has 1 aromatic heterocycles. The molecule has 2 amide bonds. The third-order valence-electron chi connectivity index (χ3n) is 7.12. The lowest BCUT2D eigenvalue weighted by Gasteiger charge is -2.39. The fourth-order valence-corrected chi connectivity index (χ4v) is 7.11. The van der Waals surface area contributed by atoms with Crippen LogP contribution in [0.2, 0.25) is 5.02 Å². The third-order valence-corrected chi connectivity index (χ3v) is 9.26. The Bertz CT molecular complexity index is 1720. The van der Waals surface area contributed by atoms with Crippen LogP contribution in [0.15, 0.2) is 60.8 Å². The summed E-state index contributed by atoms with van der Waals surface area (Å²) in [7, 11) is -4.18. The smallest absolute Gasteiger partial charge is 0.252 e. The Balaban J connectivity index is 1.66. The summed E-state index contributed by atoms with van der Waals surface area (Å²) < 4.78 is 83.3. The van der Waals surface area contributed by atoms with Crippen molar-refractivity contribution in [2.45, 2.75) is 43.3 Å². The number of alkyl halides is 2. The Morgan fingerprint density at radius 3 is 2.42 bits per heavy atom. The fraction of sp³-hybridized carbons (Fsp3) is 0.286. The van der Waals surface area contributed by atoms with Gasteiger partial charge in [-0.2, -0.15) is 5.26 Å². The van der Waals surface area contributed by atoms with Crippen LogP contribution >= 0.6 is 11.6 Å². The number of hydrogen-bond acceptors (Lipinski definition) is 6. The Morgan fingerprint density at radius 2 is 1.79 bits per heavy atom. The Morgan fingerprint density at radius 1 is 1.12 bits per heavy atom. The van der Waals surface area contributed by atoms with Crippen LogP contribution in [0.25, 0.3) is 0 Å². The van der Waals surface area contributed by atoms with E-state index in [1.807, 2.05) is 6.07 Å². The van der Waals surface area contributed by atoms with Crippen LogP contribution in [0.5, 0.6) is 0 Å². The molecule has 2 aromatic carbocycles. The van der Waals surface area contributed by atoms with E-state index < -0.39 is 81.8 Å². The highest BCUT2D eigenvalue weighted by Gasteiger charge is 2.49. The number of aromatic nitrogens is 1. The maximum atomic E-state index is 14.5. The van der Waals surface area contributed by atoms with Gasteiger partial charge in [-0.25, -0.2) is 35.3 Å². The molecule has 0 radical (unpaired) electrons. The van der Waals surface area contributed by atoms with Crippen molar-refractivity contribution in [1.82, 2.24) is 10.3 Å². The number of halogens is 5. The van der Waals surface area contributed by atoms with E-state index in [4.69, 9.17) is 11.6 Å². The zero-order valence-electron chi connectivity index (χ0n) is 22.1. The van der Waals surface area contributed by atoms with Gasteiger partial charge in [0.15, 0.2) is 0 Å². The first-order valence-electron chi connectivity index (χ1n) is 12.9. The van der Waals surface area contributed by atoms with E-state index >= 15 is 0 Å². The van der Waals surface area contributed by atoms with Gasteiger partial charge in [-0.15, -0.1) is 0 Å². The fourth-order valence-electron chi connectivity index (χ4n) is 5.18. The summed E-state index contributed by atoms with van der Waals surface area (Å²) in [5, 5.41) is 11.7. The van der Waals surface area contributed by atoms with E-state index in [1.165, 1.54) is 36.5 Å². The summed E-state index contributed by atoms with van der Waals surface area (Å²) in [6.45, 7) is 0. The van der Waals surface area contributed by atoms with Crippen LogP contribution in [0, 0.1) is 23.0 Å². The number of sulfonamides is 1. The first-order valence-corrected chi connectivity index (χ1v) is 14.9. The molecule has 1 unspecified atom stereocenters. The molecule has 0 spiro atoms. The van der Waals surface area contributed by atoms with Crippen molar-refractivity contribution >= 4 is 44.9 Å². The highest BCUT2D eigenvalue weighted by molar-refractivity contribution is 7.93. The van der Waals surface area contributed by atoms with Crippen molar-refractivity contribution in [1.29, 1.82) is 5.26 Å². The molecule has 1 saturated carbocycles. The zero-order chi connectivity index (χ0) is 31.1. The second kappa shape index (κ2) is 11.5. The van der Waals surface area contributed by atoms with E-state index in [1.54, 1.807) is 0 Å². The number of rotatable bonds is 7. The molecule has 3 aromatic rings. The molecule has 2 heterocycles. The molecule has 2 aliphatic rings. The number of hydrogen-bond donors (Lipinski definition) is 1. The molecule has 2 atom stereocenters. The number of pyridine rings is 1. The van der Waals surface area contributed by atoms with E-state index in [0.29, 0.717) is 15.3 Å². The number of anilines is 2. The zero-order valence-corrected chi connectivity index (χ0v) is 23.6. The maximum absolute atomic E-state index is 14.5. The molecule has 15 heteroatoms. The maximum Gasteiger partial charge on any atom is 0.252 e. The highest BCUT2D eigenvalue weighted by atomic mass is 35.5. The number of carbonyl (C=O) groups is 2. The van der Waals surface area contributed by atoms with Crippen LogP contribution in [0.3, 0.4) is 0 Å². The molecule has 43 heavy (non-hydrogen) atoms. The standard InChI is InChI=1S/C28H22ClF4N5O4S/c29-22-4-2-1-3-21(22)25(26(39)36-19-13-28(32,33)14-19)37(20-11-17(30)10-18(31)12-20)27(40)23-6-8-43(41,42)38(23)24-9-16(15-34)5-7-35-24/h1-5,7,9-12,19,23,25H,6,8,13-14H2,(H,36,39)/t23-,25?/m0/s1. The molecule has 224 valence electrons. The van der Waals surface area contributed by atoms with Crippen molar-refractivity contribution in [2.75, 3.05) is 15.0 Å². The van der Waals surface area contributed by atoms with Crippen LogP contribution in [0.1, 0.15) is 36.4 Å². The van der Waals surface area contributed by atoms with E-state index in [-0.39, 0.29) is 28.4 Å². The molecular formula is C28H22ClF4N5O4S. The summed E-state index contributed by atoms with van der Waals surface area (Å²) in [5.41, 5.74) is -0.416. The monoisotopic (exact) mass is 635 g/mol. The number of nitrogens with one attached hydrogen (secondary N) is 1. The van der Waals surface area contributed by atoms with Gasteiger partial charge >= 0.3 is 0 Å². The van der Waals surface area contributed by atoms with Crippen LogP contribution < -0.4 is 14.5 Å². The van der Waals surface area contributed by atoms with Gasteiger partial charge < -0.3 is 5.32 Å². The number of amides is 2. The average molecular weight is 636 g/mol. The van der Waals surface area contributed by atoms with Gasteiger partial charge in [0.25, 0.3) is 11.8 Å². The lowest BCUT2D eigenvalue weighted by Crippen LogP contribution is -2.56. The van der Waals surface area contributed by atoms with Gasteiger partial charge in [-0.05, 0) is 36.8 Å².